The summed E-state index contributed by atoms with van der Waals surface area (Å²) in [4.78, 5) is 39.9. The number of halogens is 1. The SMILES string of the molecule is O=C(O)CC(NC(=O)CNC(=O)CCCNc1ccccn1)c1ccc(-c2ccc(F)cc2)cc1.[H-].[Na+]. The Morgan fingerprint density at radius 1 is 0.944 bits per heavy atom. The van der Waals surface area contributed by atoms with Gasteiger partial charge in [0.05, 0.1) is 19.0 Å². The number of amides is 2. The molecule has 0 saturated carbocycles. The van der Waals surface area contributed by atoms with Gasteiger partial charge < -0.3 is 22.5 Å². The molecule has 184 valence electrons. The van der Waals surface area contributed by atoms with Crippen LogP contribution in [0.25, 0.3) is 11.1 Å². The van der Waals surface area contributed by atoms with Gasteiger partial charge in [0.15, 0.2) is 0 Å². The van der Waals surface area contributed by atoms with E-state index in [4.69, 9.17) is 0 Å². The Morgan fingerprint density at radius 3 is 2.22 bits per heavy atom. The van der Waals surface area contributed by atoms with Crippen LogP contribution in [0.1, 0.15) is 32.3 Å². The molecule has 0 saturated heterocycles. The van der Waals surface area contributed by atoms with E-state index >= 15 is 0 Å². The summed E-state index contributed by atoms with van der Waals surface area (Å²) < 4.78 is 13.1. The average molecular weight is 503 g/mol. The molecule has 0 fully saturated rings. The van der Waals surface area contributed by atoms with Crippen LogP contribution in [0.3, 0.4) is 0 Å². The largest absolute Gasteiger partial charge is 1.00 e. The van der Waals surface area contributed by atoms with E-state index in [0.29, 0.717) is 18.5 Å². The van der Waals surface area contributed by atoms with E-state index < -0.39 is 17.9 Å². The number of aliphatic carboxylic acids is 1. The molecule has 1 aromatic heterocycles. The second-order valence-corrected chi connectivity index (χ2v) is 7.87. The molecular weight excluding hydrogens is 474 g/mol. The molecule has 0 aliphatic rings. The van der Waals surface area contributed by atoms with Gasteiger partial charge in [0.1, 0.15) is 11.6 Å². The van der Waals surface area contributed by atoms with Crippen molar-refractivity contribution in [1.82, 2.24) is 15.6 Å². The minimum atomic E-state index is -1.07. The van der Waals surface area contributed by atoms with E-state index in [0.717, 1.165) is 16.9 Å². The summed E-state index contributed by atoms with van der Waals surface area (Å²) in [5.74, 6) is -1.44. The first kappa shape index (κ1) is 29.0. The molecule has 2 aromatic carbocycles. The number of carboxylic acid groups (broad SMARTS) is 1. The van der Waals surface area contributed by atoms with Crippen molar-refractivity contribution in [3.8, 4) is 11.1 Å². The molecule has 0 radical (unpaired) electrons. The van der Waals surface area contributed by atoms with Crippen molar-refractivity contribution in [1.29, 1.82) is 0 Å². The summed E-state index contributed by atoms with van der Waals surface area (Å²) in [5, 5.41) is 17.6. The Morgan fingerprint density at radius 2 is 1.61 bits per heavy atom. The van der Waals surface area contributed by atoms with Crippen LogP contribution in [0.5, 0.6) is 0 Å². The van der Waals surface area contributed by atoms with Crippen molar-refractivity contribution in [3.63, 3.8) is 0 Å². The van der Waals surface area contributed by atoms with Crippen molar-refractivity contribution in [3.05, 3.63) is 84.3 Å². The van der Waals surface area contributed by atoms with Gasteiger partial charge in [0.25, 0.3) is 0 Å². The zero-order chi connectivity index (χ0) is 25.0. The molecule has 1 heterocycles. The monoisotopic (exact) mass is 502 g/mol. The molecule has 0 aliphatic carbocycles. The number of carbonyl (C=O) groups is 3. The number of nitrogens with zero attached hydrogens (tertiary/aromatic N) is 1. The number of anilines is 1. The predicted octanol–water partition coefficient (Wildman–Crippen LogP) is 0.645. The van der Waals surface area contributed by atoms with Gasteiger partial charge in [0.2, 0.25) is 11.8 Å². The number of nitrogens with one attached hydrogen (secondary N) is 3. The molecule has 0 bridgehead atoms. The fourth-order valence-corrected chi connectivity index (χ4v) is 3.42. The van der Waals surface area contributed by atoms with Crippen LogP contribution in [-0.2, 0) is 14.4 Å². The Hall–Kier alpha value is -3.27. The molecular formula is C26H28FN4NaO4. The van der Waals surface area contributed by atoms with Gasteiger partial charge in [-0.15, -0.1) is 0 Å². The maximum atomic E-state index is 13.1. The summed E-state index contributed by atoms with van der Waals surface area (Å²) in [6.45, 7) is 0.307. The smallest absolute Gasteiger partial charge is 1.00 e. The fraction of sp³-hybridized carbons (Fsp3) is 0.231. The molecule has 10 heteroatoms. The van der Waals surface area contributed by atoms with Crippen LogP contribution in [0.2, 0.25) is 0 Å². The molecule has 8 nitrogen and oxygen atoms in total. The minimum absolute atomic E-state index is 0. The number of pyridine rings is 1. The summed E-state index contributed by atoms with van der Waals surface area (Å²) in [7, 11) is 0. The molecule has 1 atom stereocenters. The van der Waals surface area contributed by atoms with E-state index in [-0.39, 0.29) is 62.1 Å². The van der Waals surface area contributed by atoms with Crippen molar-refractivity contribution >= 4 is 23.6 Å². The van der Waals surface area contributed by atoms with Crippen molar-refractivity contribution in [2.24, 2.45) is 0 Å². The van der Waals surface area contributed by atoms with Gasteiger partial charge in [-0.05, 0) is 47.4 Å². The van der Waals surface area contributed by atoms with Crippen LogP contribution in [0, 0.1) is 5.82 Å². The molecule has 4 N–H and O–H groups in total. The third-order valence-electron chi connectivity index (χ3n) is 5.20. The van der Waals surface area contributed by atoms with Crippen LogP contribution < -0.4 is 45.5 Å². The number of aromatic nitrogens is 1. The molecule has 3 rings (SSSR count). The summed E-state index contributed by atoms with van der Waals surface area (Å²) in [5.41, 5.74) is 2.26. The topological polar surface area (TPSA) is 120 Å². The van der Waals surface area contributed by atoms with E-state index in [1.807, 2.05) is 18.2 Å². The average Bonchev–Trinajstić information content (AvgIpc) is 2.86. The first-order chi connectivity index (χ1) is 16.9. The summed E-state index contributed by atoms with van der Waals surface area (Å²) in [6.07, 6.45) is 2.16. The number of carboxylic acids is 1. The van der Waals surface area contributed by atoms with Gasteiger partial charge in [-0.3, -0.25) is 14.4 Å². The summed E-state index contributed by atoms with van der Waals surface area (Å²) in [6, 6.07) is 17.8. The number of rotatable bonds is 12. The zero-order valence-corrected chi connectivity index (χ0v) is 22.0. The Balaban J connectivity index is 0.00000342. The van der Waals surface area contributed by atoms with Crippen LogP contribution in [0.15, 0.2) is 72.9 Å². The fourth-order valence-electron chi connectivity index (χ4n) is 3.42. The van der Waals surface area contributed by atoms with Gasteiger partial charge >= 0.3 is 35.5 Å². The number of hydrogen-bond acceptors (Lipinski definition) is 5. The van der Waals surface area contributed by atoms with Gasteiger partial charge in [-0.2, -0.15) is 0 Å². The van der Waals surface area contributed by atoms with Crippen molar-refractivity contribution < 1.29 is 54.9 Å². The van der Waals surface area contributed by atoms with E-state index in [1.54, 1.807) is 42.6 Å². The Bertz CT molecular complexity index is 1140. The molecule has 36 heavy (non-hydrogen) atoms. The number of carbonyl (C=O) groups excluding carboxylic acids is 2. The van der Waals surface area contributed by atoms with Gasteiger partial charge in [-0.25, -0.2) is 9.37 Å². The molecule has 0 spiro atoms. The number of hydrogen-bond donors (Lipinski definition) is 4. The van der Waals surface area contributed by atoms with Crippen LogP contribution >= 0.6 is 0 Å². The first-order valence-electron chi connectivity index (χ1n) is 11.2. The van der Waals surface area contributed by atoms with E-state index in [1.165, 1.54) is 12.1 Å². The van der Waals surface area contributed by atoms with Crippen molar-refractivity contribution in [2.75, 3.05) is 18.4 Å². The van der Waals surface area contributed by atoms with E-state index in [2.05, 4.69) is 20.9 Å². The van der Waals surface area contributed by atoms with Gasteiger partial charge in [0, 0.05) is 19.2 Å². The van der Waals surface area contributed by atoms with Crippen LogP contribution in [0.4, 0.5) is 10.2 Å². The Kier molecular flexibility index (Phi) is 12.0. The second-order valence-electron chi connectivity index (χ2n) is 7.87. The molecule has 0 aliphatic heterocycles. The third-order valence-corrected chi connectivity index (χ3v) is 5.20. The van der Waals surface area contributed by atoms with Crippen molar-refractivity contribution in [2.45, 2.75) is 25.3 Å². The second kappa shape index (κ2) is 15.0. The van der Waals surface area contributed by atoms with E-state index in [9.17, 15) is 23.9 Å². The zero-order valence-electron chi connectivity index (χ0n) is 21.0. The minimum Gasteiger partial charge on any atom is -1.00 e. The molecule has 3 aromatic rings. The predicted molar refractivity (Wildman–Crippen MR) is 131 cm³/mol. The molecule has 1 unspecified atom stereocenters. The first-order valence-corrected chi connectivity index (χ1v) is 11.2. The van der Waals surface area contributed by atoms with Crippen LogP contribution in [-0.4, -0.2) is 41.0 Å². The summed E-state index contributed by atoms with van der Waals surface area (Å²) >= 11 is 0. The quantitative estimate of drug-likeness (QED) is 0.213. The normalized spacial score (nSPS) is 11.0. The maximum absolute atomic E-state index is 13.1. The number of benzene rings is 2. The maximum Gasteiger partial charge on any atom is 1.00 e. The molecule has 2 amide bonds. The third kappa shape index (κ3) is 9.77. The Labute approximate surface area is 232 Å². The van der Waals surface area contributed by atoms with Gasteiger partial charge in [-0.1, -0.05) is 42.5 Å². The standard InChI is InChI=1S/C26H27FN4O4.Na.H/c27-21-12-10-19(11-13-21)18-6-8-20(9-7-18)22(16-26(34)35)31-25(33)17-30-24(32)5-3-15-29-23-4-1-2-14-28-23;;/h1-2,4,6-14,22H,3,5,15-17H2,(H,28,29)(H,30,32)(H,31,33)(H,34,35);;/q;+1;-1.